The predicted octanol–water partition coefficient (Wildman–Crippen LogP) is 18.3. The van der Waals surface area contributed by atoms with Gasteiger partial charge in [-0.1, -0.05) is 275 Å². The number of hydrogen-bond donors (Lipinski definition) is 1. The Morgan fingerprint density at radius 3 is 1.05 bits per heavy atom. The normalized spacial score (nSPS) is 12.4. The van der Waals surface area contributed by atoms with Crippen molar-refractivity contribution in [3.63, 3.8) is 0 Å². The molecular formula is C57H106O5. The van der Waals surface area contributed by atoms with Gasteiger partial charge in [0.05, 0.1) is 6.61 Å². The van der Waals surface area contributed by atoms with Crippen LogP contribution in [0.3, 0.4) is 0 Å². The Balaban J connectivity index is 3.40. The topological polar surface area (TPSA) is 72.8 Å². The molecule has 0 heterocycles. The van der Waals surface area contributed by atoms with Gasteiger partial charge in [-0.3, -0.25) is 9.59 Å². The Labute approximate surface area is 386 Å². The number of unbranched alkanes of at least 4 members (excludes halogenated alkanes) is 37. The molecule has 0 fully saturated rings. The number of aliphatic hydroxyl groups is 1. The van der Waals surface area contributed by atoms with Gasteiger partial charge in [-0.25, -0.2) is 0 Å². The summed E-state index contributed by atoms with van der Waals surface area (Å²) in [6.45, 7) is 4.06. The molecule has 364 valence electrons. The Morgan fingerprint density at radius 1 is 0.387 bits per heavy atom. The maximum Gasteiger partial charge on any atom is 0.306 e. The Kier molecular flexibility index (Phi) is 51.8. The van der Waals surface area contributed by atoms with Gasteiger partial charge in [-0.2, -0.15) is 0 Å². The molecule has 0 spiro atoms. The van der Waals surface area contributed by atoms with Crippen LogP contribution in [0.15, 0.2) is 36.5 Å². The lowest BCUT2D eigenvalue weighted by Crippen LogP contribution is -2.28. The minimum absolute atomic E-state index is 0.0663. The van der Waals surface area contributed by atoms with Crippen LogP contribution in [0, 0.1) is 0 Å². The van der Waals surface area contributed by atoms with Crippen LogP contribution in [-0.4, -0.2) is 36.4 Å². The first-order valence-corrected chi connectivity index (χ1v) is 27.5. The van der Waals surface area contributed by atoms with Crippen LogP contribution in [0.5, 0.6) is 0 Å². The summed E-state index contributed by atoms with van der Waals surface area (Å²) in [5.74, 6) is -0.588. The highest BCUT2D eigenvalue weighted by atomic mass is 16.6. The summed E-state index contributed by atoms with van der Waals surface area (Å²) in [4.78, 5) is 24.5. The molecule has 62 heavy (non-hydrogen) atoms. The third kappa shape index (κ3) is 50.8. The van der Waals surface area contributed by atoms with E-state index in [-0.39, 0.29) is 25.2 Å². The van der Waals surface area contributed by atoms with Gasteiger partial charge >= 0.3 is 11.9 Å². The first kappa shape index (κ1) is 60.1. The molecule has 0 rings (SSSR count). The third-order valence-electron chi connectivity index (χ3n) is 12.4. The van der Waals surface area contributed by atoms with Crippen LogP contribution < -0.4 is 0 Å². The first-order chi connectivity index (χ1) is 30.6. The van der Waals surface area contributed by atoms with Crippen molar-refractivity contribution in [1.29, 1.82) is 0 Å². The average molecular weight is 871 g/mol. The Morgan fingerprint density at radius 2 is 0.694 bits per heavy atom. The van der Waals surface area contributed by atoms with E-state index in [2.05, 4.69) is 50.3 Å². The molecule has 1 N–H and O–H groups in total. The third-order valence-corrected chi connectivity index (χ3v) is 12.4. The Hall–Kier alpha value is -1.88. The fourth-order valence-corrected chi connectivity index (χ4v) is 8.34. The van der Waals surface area contributed by atoms with Gasteiger partial charge < -0.3 is 14.6 Å². The molecule has 0 aliphatic carbocycles. The van der Waals surface area contributed by atoms with Crippen molar-refractivity contribution in [2.75, 3.05) is 13.2 Å². The molecule has 5 nitrogen and oxygen atoms in total. The molecule has 0 bridgehead atoms. The van der Waals surface area contributed by atoms with E-state index in [1.807, 2.05) is 0 Å². The molecule has 0 aliphatic heterocycles. The van der Waals surface area contributed by atoms with Gasteiger partial charge in [-0.05, 0) is 44.9 Å². The number of aliphatic hydroxyl groups excluding tert-OH is 1. The maximum atomic E-state index is 12.2. The van der Waals surface area contributed by atoms with Gasteiger partial charge in [0, 0.05) is 12.8 Å². The number of esters is 2. The summed E-state index contributed by atoms with van der Waals surface area (Å²) in [6.07, 6.45) is 68.4. The van der Waals surface area contributed by atoms with E-state index in [1.165, 1.54) is 205 Å². The van der Waals surface area contributed by atoms with Crippen LogP contribution in [-0.2, 0) is 19.1 Å². The van der Waals surface area contributed by atoms with Crippen LogP contribution in [0.25, 0.3) is 0 Å². The number of ether oxygens (including phenoxy) is 2. The van der Waals surface area contributed by atoms with E-state index in [1.54, 1.807) is 0 Å². The van der Waals surface area contributed by atoms with Gasteiger partial charge in [0.2, 0.25) is 0 Å². The van der Waals surface area contributed by atoms with Crippen molar-refractivity contribution in [1.82, 2.24) is 0 Å². The highest BCUT2D eigenvalue weighted by Gasteiger charge is 2.16. The SMILES string of the molecule is CC/C=C\C/C=C\C/C=C\CCCCCCCCCC(=O)OC(CO)COC(=O)CCCCCCCCCCCCCCCCCCCCCCCCCCCCCCCCC. The largest absolute Gasteiger partial charge is 0.462 e. The molecule has 1 unspecified atom stereocenters. The average Bonchev–Trinajstić information content (AvgIpc) is 3.28. The lowest BCUT2D eigenvalue weighted by atomic mass is 10.0. The number of carbonyl (C=O) groups is 2. The van der Waals surface area contributed by atoms with E-state index < -0.39 is 6.10 Å². The van der Waals surface area contributed by atoms with E-state index in [9.17, 15) is 14.7 Å². The van der Waals surface area contributed by atoms with Crippen molar-refractivity contribution >= 4 is 11.9 Å². The molecule has 0 aromatic rings. The van der Waals surface area contributed by atoms with Crippen molar-refractivity contribution in [2.24, 2.45) is 0 Å². The van der Waals surface area contributed by atoms with Crippen molar-refractivity contribution in [3.8, 4) is 0 Å². The molecule has 0 saturated heterocycles. The number of rotatable bonds is 51. The second-order valence-electron chi connectivity index (χ2n) is 18.6. The van der Waals surface area contributed by atoms with E-state index in [0.717, 1.165) is 64.2 Å². The molecule has 0 amide bonds. The molecule has 0 saturated carbocycles. The molecule has 0 aromatic carbocycles. The second-order valence-corrected chi connectivity index (χ2v) is 18.6. The van der Waals surface area contributed by atoms with Crippen LogP contribution >= 0.6 is 0 Å². The van der Waals surface area contributed by atoms with E-state index in [4.69, 9.17) is 9.47 Å². The van der Waals surface area contributed by atoms with Crippen molar-refractivity contribution < 1.29 is 24.2 Å². The van der Waals surface area contributed by atoms with Crippen LogP contribution in [0.2, 0.25) is 0 Å². The van der Waals surface area contributed by atoms with Crippen LogP contribution in [0.1, 0.15) is 296 Å². The lowest BCUT2D eigenvalue weighted by molar-refractivity contribution is -0.161. The highest BCUT2D eigenvalue weighted by Crippen LogP contribution is 2.17. The fraction of sp³-hybridized carbons (Fsp3) is 0.860. The summed E-state index contributed by atoms with van der Waals surface area (Å²) in [7, 11) is 0. The minimum Gasteiger partial charge on any atom is -0.462 e. The van der Waals surface area contributed by atoms with Crippen molar-refractivity contribution in [2.45, 2.75) is 302 Å². The highest BCUT2D eigenvalue weighted by molar-refractivity contribution is 5.70. The van der Waals surface area contributed by atoms with Gasteiger partial charge in [0.15, 0.2) is 6.10 Å². The minimum atomic E-state index is -0.775. The van der Waals surface area contributed by atoms with Crippen molar-refractivity contribution in [3.05, 3.63) is 36.5 Å². The summed E-state index contributed by atoms with van der Waals surface area (Å²) in [5, 5.41) is 9.63. The zero-order valence-corrected chi connectivity index (χ0v) is 41.6. The van der Waals surface area contributed by atoms with E-state index in [0.29, 0.717) is 12.8 Å². The number of carbonyl (C=O) groups excluding carboxylic acids is 2. The van der Waals surface area contributed by atoms with Gasteiger partial charge in [0.1, 0.15) is 6.61 Å². The maximum absolute atomic E-state index is 12.2. The van der Waals surface area contributed by atoms with Gasteiger partial charge in [-0.15, -0.1) is 0 Å². The molecule has 0 radical (unpaired) electrons. The monoisotopic (exact) mass is 871 g/mol. The molecule has 1 atom stereocenters. The van der Waals surface area contributed by atoms with Gasteiger partial charge in [0.25, 0.3) is 0 Å². The zero-order chi connectivity index (χ0) is 44.9. The predicted molar refractivity (Wildman–Crippen MR) is 270 cm³/mol. The summed E-state index contributed by atoms with van der Waals surface area (Å²) in [6, 6.07) is 0. The summed E-state index contributed by atoms with van der Waals surface area (Å²) >= 11 is 0. The first-order valence-electron chi connectivity index (χ1n) is 27.5. The number of hydrogen-bond acceptors (Lipinski definition) is 5. The fourth-order valence-electron chi connectivity index (χ4n) is 8.34. The quantitative estimate of drug-likeness (QED) is 0.0374. The molecule has 0 aliphatic rings. The zero-order valence-electron chi connectivity index (χ0n) is 41.6. The lowest BCUT2D eigenvalue weighted by Gasteiger charge is -2.15. The molecular weight excluding hydrogens is 765 g/mol. The molecule has 5 heteroatoms. The smallest absolute Gasteiger partial charge is 0.306 e. The standard InChI is InChI=1S/C57H106O5/c1-3-5-7-9-11-13-15-17-19-21-22-23-24-25-26-27-28-29-30-31-32-33-34-36-37-39-41-43-45-47-49-51-56(59)61-54-55(53-58)62-57(60)52-50-48-46-44-42-40-38-35-20-18-16-14-12-10-8-6-4-2/h6,8,12,14,18,20,55,58H,3-5,7,9-11,13,15-17,19,21-54H2,1-2H3/b8-6-,14-12-,20-18-. The molecule has 0 aromatic heterocycles. The van der Waals surface area contributed by atoms with Crippen LogP contribution in [0.4, 0.5) is 0 Å². The summed E-state index contributed by atoms with van der Waals surface area (Å²) < 4.78 is 10.7. The van der Waals surface area contributed by atoms with E-state index >= 15 is 0 Å². The summed E-state index contributed by atoms with van der Waals surface area (Å²) in [5.41, 5.74) is 0. The number of allylic oxidation sites excluding steroid dienone is 6. The Bertz CT molecular complexity index is 986. The second kappa shape index (κ2) is 53.5.